The highest BCUT2D eigenvalue weighted by molar-refractivity contribution is 5.77. The van der Waals surface area contributed by atoms with E-state index in [4.69, 9.17) is 4.74 Å². The van der Waals surface area contributed by atoms with Crippen LogP contribution >= 0.6 is 0 Å². The van der Waals surface area contributed by atoms with Crippen LogP contribution in [-0.4, -0.2) is 20.9 Å². The SMILES string of the molecule is O=C(CCc1nc2ccccc2[nH]1)NCc1cccc(OCc2ccccn2)c1. The Kier molecular flexibility index (Phi) is 5.81. The molecule has 0 aliphatic rings. The van der Waals surface area contributed by atoms with E-state index in [1.807, 2.05) is 66.7 Å². The fourth-order valence-electron chi connectivity index (χ4n) is 3.03. The monoisotopic (exact) mass is 386 g/mol. The lowest BCUT2D eigenvalue weighted by molar-refractivity contribution is -0.121. The fourth-order valence-corrected chi connectivity index (χ4v) is 3.03. The molecule has 0 unspecified atom stereocenters. The third-order valence-corrected chi connectivity index (χ3v) is 4.53. The molecule has 29 heavy (non-hydrogen) atoms. The first-order valence-electron chi connectivity index (χ1n) is 9.58. The number of nitrogens with one attached hydrogen (secondary N) is 2. The Labute approximate surface area is 169 Å². The zero-order valence-electron chi connectivity index (χ0n) is 16.0. The van der Waals surface area contributed by atoms with Crippen molar-refractivity contribution in [3.63, 3.8) is 0 Å². The highest BCUT2D eigenvalue weighted by Gasteiger charge is 2.07. The number of carbonyl (C=O) groups is 1. The van der Waals surface area contributed by atoms with Gasteiger partial charge in [0.15, 0.2) is 0 Å². The first-order chi connectivity index (χ1) is 14.3. The van der Waals surface area contributed by atoms with Crippen molar-refractivity contribution in [2.24, 2.45) is 0 Å². The number of imidazole rings is 1. The van der Waals surface area contributed by atoms with Crippen molar-refractivity contribution >= 4 is 16.9 Å². The van der Waals surface area contributed by atoms with E-state index in [0.717, 1.165) is 33.9 Å². The topological polar surface area (TPSA) is 79.9 Å². The second-order valence-electron chi connectivity index (χ2n) is 6.73. The molecular formula is C23H22N4O2. The highest BCUT2D eigenvalue weighted by Crippen LogP contribution is 2.15. The second kappa shape index (κ2) is 9.01. The van der Waals surface area contributed by atoms with Crippen molar-refractivity contribution in [3.8, 4) is 5.75 Å². The van der Waals surface area contributed by atoms with Gasteiger partial charge in [-0.15, -0.1) is 0 Å². The molecule has 0 saturated carbocycles. The van der Waals surface area contributed by atoms with E-state index in [9.17, 15) is 4.79 Å². The molecule has 2 aromatic heterocycles. The van der Waals surface area contributed by atoms with E-state index in [1.165, 1.54) is 0 Å². The van der Waals surface area contributed by atoms with Gasteiger partial charge in [0.25, 0.3) is 0 Å². The summed E-state index contributed by atoms with van der Waals surface area (Å²) in [5.74, 6) is 1.57. The Hall–Kier alpha value is -3.67. The van der Waals surface area contributed by atoms with Crippen molar-refractivity contribution in [2.75, 3.05) is 0 Å². The van der Waals surface area contributed by atoms with Crippen molar-refractivity contribution in [3.05, 3.63) is 90.0 Å². The molecule has 4 aromatic rings. The molecule has 0 bridgehead atoms. The standard InChI is InChI=1S/C23H22N4O2/c28-23(12-11-22-26-20-9-1-2-10-21(20)27-22)25-15-17-6-5-8-19(14-17)29-16-18-7-3-4-13-24-18/h1-10,13-14H,11-12,15-16H2,(H,25,28)(H,26,27). The number of benzene rings is 2. The number of aromatic amines is 1. The van der Waals surface area contributed by atoms with E-state index < -0.39 is 0 Å². The maximum Gasteiger partial charge on any atom is 0.220 e. The van der Waals surface area contributed by atoms with Gasteiger partial charge in [-0.1, -0.05) is 30.3 Å². The third-order valence-electron chi connectivity index (χ3n) is 4.53. The van der Waals surface area contributed by atoms with Crippen LogP contribution in [0.1, 0.15) is 23.5 Å². The average Bonchev–Trinajstić information content (AvgIpc) is 3.19. The Morgan fingerprint density at radius 2 is 1.93 bits per heavy atom. The van der Waals surface area contributed by atoms with Gasteiger partial charge in [0.1, 0.15) is 18.2 Å². The van der Waals surface area contributed by atoms with E-state index >= 15 is 0 Å². The van der Waals surface area contributed by atoms with Crippen LogP contribution in [0.2, 0.25) is 0 Å². The number of hydrogen-bond acceptors (Lipinski definition) is 4. The van der Waals surface area contributed by atoms with E-state index in [1.54, 1.807) is 6.20 Å². The minimum absolute atomic E-state index is 0.00902. The van der Waals surface area contributed by atoms with Gasteiger partial charge in [0.05, 0.1) is 16.7 Å². The number of para-hydroxylation sites is 2. The molecule has 0 spiro atoms. The zero-order valence-corrected chi connectivity index (χ0v) is 16.0. The van der Waals surface area contributed by atoms with Gasteiger partial charge in [-0.25, -0.2) is 4.98 Å². The minimum atomic E-state index is -0.00902. The van der Waals surface area contributed by atoms with Crippen molar-refractivity contribution in [1.29, 1.82) is 0 Å². The molecule has 0 aliphatic carbocycles. The normalized spacial score (nSPS) is 10.8. The molecule has 4 rings (SSSR count). The highest BCUT2D eigenvalue weighted by atomic mass is 16.5. The Balaban J connectivity index is 1.25. The van der Waals surface area contributed by atoms with Gasteiger partial charge in [0.2, 0.25) is 5.91 Å². The number of amides is 1. The van der Waals surface area contributed by atoms with E-state index in [2.05, 4.69) is 20.3 Å². The van der Waals surface area contributed by atoms with Crippen LogP contribution in [0.15, 0.2) is 72.9 Å². The predicted molar refractivity (Wildman–Crippen MR) is 111 cm³/mol. The predicted octanol–water partition coefficient (Wildman–Crippen LogP) is 3.79. The van der Waals surface area contributed by atoms with Crippen LogP contribution in [0.4, 0.5) is 0 Å². The van der Waals surface area contributed by atoms with Gasteiger partial charge in [-0.05, 0) is 42.0 Å². The number of rotatable bonds is 8. The second-order valence-corrected chi connectivity index (χ2v) is 6.73. The van der Waals surface area contributed by atoms with Crippen LogP contribution < -0.4 is 10.1 Å². The van der Waals surface area contributed by atoms with Crippen LogP contribution in [0, 0.1) is 0 Å². The number of hydrogen-bond donors (Lipinski definition) is 2. The molecule has 6 heteroatoms. The summed E-state index contributed by atoms with van der Waals surface area (Å²) >= 11 is 0. The van der Waals surface area contributed by atoms with Crippen LogP contribution in [0.25, 0.3) is 11.0 Å². The lowest BCUT2D eigenvalue weighted by Gasteiger charge is -2.09. The summed E-state index contributed by atoms with van der Waals surface area (Å²) in [5, 5.41) is 2.96. The molecule has 0 fully saturated rings. The summed E-state index contributed by atoms with van der Waals surface area (Å²) in [5.41, 5.74) is 3.77. The summed E-state index contributed by atoms with van der Waals surface area (Å²) in [6, 6.07) is 21.3. The molecular weight excluding hydrogens is 364 g/mol. The molecule has 146 valence electrons. The smallest absolute Gasteiger partial charge is 0.220 e. The molecule has 0 atom stereocenters. The maximum atomic E-state index is 12.2. The Bertz CT molecular complexity index is 1060. The van der Waals surface area contributed by atoms with Crippen molar-refractivity contribution in [1.82, 2.24) is 20.3 Å². The van der Waals surface area contributed by atoms with Gasteiger partial charge in [-0.2, -0.15) is 0 Å². The van der Waals surface area contributed by atoms with Gasteiger partial charge in [0, 0.05) is 25.6 Å². The molecule has 0 radical (unpaired) electrons. The maximum absolute atomic E-state index is 12.2. The summed E-state index contributed by atoms with van der Waals surface area (Å²) in [6.45, 7) is 0.869. The molecule has 2 heterocycles. The van der Waals surface area contributed by atoms with Crippen LogP contribution in [-0.2, 0) is 24.4 Å². The van der Waals surface area contributed by atoms with Gasteiger partial charge in [-0.3, -0.25) is 9.78 Å². The molecule has 0 saturated heterocycles. The number of aromatic nitrogens is 3. The summed E-state index contributed by atoms with van der Waals surface area (Å²) < 4.78 is 5.79. The molecule has 6 nitrogen and oxygen atoms in total. The van der Waals surface area contributed by atoms with Crippen LogP contribution in [0.5, 0.6) is 5.75 Å². The third kappa shape index (κ3) is 5.19. The Morgan fingerprint density at radius 1 is 1.03 bits per heavy atom. The van der Waals surface area contributed by atoms with E-state index in [0.29, 0.717) is 26.0 Å². The summed E-state index contributed by atoms with van der Waals surface area (Å²) in [4.78, 5) is 24.2. The van der Waals surface area contributed by atoms with Crippen molar-refractivity contribution < 1.29 is 9.53 Å². The Morgan fingerprint density at radius 3 is 2.79 bits per heavy atom. The quantitative estimate of drug-likeness (QED) is 0.483. The number of H-pyrrole nitrogens is 1. The fraction of sp³-hybridized carbons (Fsp3) is 0.174. The number of carbonyl (C=O) groups excluding carboxylic acids is 1. The number of aryl methyl sites for hydroxylation is 1. The van der Waals surface area contributed by atoms with E-state index in [-0.39, 0.29) is 5.91 Å². The van der Waals surface area contributed by atoms with Crippen molar-refractivity contribution in [2.45, 2.75) is 26.0 Å². The summed E-state index contributed by atoms with van der Waals surface area (Å²) in [7, 11) is 0. The first-order valence-corrected chi connectivity index (χ1v) is 9.58. The molecule has 1 amide bonds. The van der Waals surface area contributed by atoms with Gasteiger partial charge < -0.3 is 15.0 Å². The first kappa shape index (κ1) is 18.7. The number of pyridine rings is 1. The molecule has 2 aromatic carbocycles. The summed E-state index contributed by atoms with van der Waals surface area (Å²) in [6.07, 6.45) is 2.71. The van der Waals surface area contributed by atoms with Crippen LogP contribution in [0.3, 0.4) is 0 Å². The molecule has 2 N–H and O–H groups in total. The number of ether oxygens (including phenoxy) is 1. The zero-order chi connectivity index (χ0) is 19.9. The number of nitrogens with zero attached hydrogens (tertiary/aromatic N) is 2. The lowest BCUT2D eigenvalue weighted by Crippen LogP contribution is -2.23. The number of fused-ring (bicyclic) bond motifs is 1. The average molecular weight is 386 g/mol. The molecule has 0 aliphatic heterocycles. The van der Waals surface area contributed by atoms with Gasteiger partial charge >= 0.3 is 0 Å². The minimum Gasteiger partial charge on any atom is -0.487 e. The lowest BCUT2D eigenvalue weighted by atomic mass is 10.2. The largest absolute Gasteiger partial charge is 0.487 e.